The van der Waals surface area contributed by atoms with Crippen LogP contribution in [0.15, 0.2) is 89.5 Å². The number of hydrogen-bond acceptors (Lipinski definition) is 7. The van der Waals surface area contributed by atoms with E-state index in [0.29, 0.717) is 51.8 Å². The van der Waals surface area contributed by atoms with Gasteiger partial charge in [0.1, 0.15) is 40.2 Å². The molecule has 1 N–H and O–H groups in total. The lowest BCUT2D eigenvalue weighted by atomic mass is 9.94. The van der Waals surface area contributed by atoms with Crippen molar-refractivity contribution >= 4 is 44.3 Å². The molecule has 0 radical (unpaired) electrons. The maximum atomic E-state index is 16.7. The Morgan fingerprint density at radius 3 is 2.42 bits per heavy atom. The van der Waals surface area contributed by atoms with Gasteiger partial charge in [0.05, 0.1) is 36.8 Å². The van der Waals surface area contributed by atoms with Crippen LogP contribution >= 0.6 is 11.6 Å². The van der Waals surface area contributed by atoms with Crippen LogP contribution in [0.4, 0.5) is 19.0 Å². The fourth-order valence-corrected chi connectivity index (χ4v) is 9.61. The van der Waals surface area contributed by atoms with Gasteiger partial charge in [-0.05, 0) is 50.6 Å². The Morgan fingerprint density at radius 2 is 1.80 bits per heavy atom. The number of piperazine rings is 1. The third-order valence-electron chi connectivity index (χ3n) is 12.5. The highest BCUT2D eigenvalue weighted by Crippen LogP contribution is 2.45. The van der Waals surface area contributed by atoms with Gasteiger partial charge in [-0.1, -0.05) is 80.9 Å². The van der Waals surface area contributed by atoms with Gasteiger partial charge in [0.25, 0.3) is 0 Å². The van der Waals surface area contributed by atoms with E-state index in [4.69, 9.17) is 32.7 Å². The highest BCUT2D eigenvalue weighted by molar-refractivity contribution is 6.64. The molecule has 4 fully saturated rings. The summed E-state index contributed by atoms with van der Waals surface area (Å²) in [7, 11) is 2.33. The highest BCUT2D eigenvalue weighted by Gasteiger charge is 2.56. The highest BCUT2D eigenvalue weighted by atomic mass is 35.5. The molecule has 0 aliphatic carbocycles. The molecule has 12 heteroatoms. The molecule has 2 bridgehead atoms. The van der Waals surface area contributed by atoms with E-state index in [1.807, 2.05) is 19.9 Å². The lowest BCUT2D eigenvalue weighted by Gasteiger charge is -2.40. The molecular weight excluding hydrogens is 783 g/mol. The topological polar surface area (TPSA) is 75.5 Å². The first-order valence-electron chi connectivity index (χ1n) is 20.9. The Hall–Kier alpha value is -5.02. The van der Waals surface area contributed by atoms with Crippen LogP contribution in [0.3, 0.4) is 0 Å². The van der Waals surface area contributed by atoms with Crippen LogP contribution in [-0.2, 0) is 0 Å². The van der Waals surface area contributed by atoms with E-state index in [2.05, 4.69) is 46.3 Å². The van der Waals surface area contributed by atoms with E-state index in [1.165, 1.54) is 18.9 Å². The minimum absolute atomic E-state index is 0.0488. The molecule has 0 spiro atoms. The number of quaternary nitrogens is 1. The van der Waals surface area contributed by atoms with Crippen molar-refractivity contribution in [3.05, 3.63) is 102 Å². The molecule has 6 heterocycles. The van der Waals surface area contributed by atoms with E-state index in [9.17, 15) is 8.78 Å². The number of nitrogens with one attached hydrogen (secondary N) is 1. The number of nitrogens with zero attached hydrogens (tertiary/aromatic N) is 6. The number of anilines is 1. The Bertz CT molecular complexity index is 2410. The number of likely N-dealkylation sites (N-methyl/N-ethyl adjacent to an activating group) is 1. The van der Waals surface area contributed by atoms with Gasteiger partial charge in [0, 0.05) is 73.6 Å². The van der Waals surface area contributed by atoms with Gasteiger partial charge in [0.15, 0.2) is 11.6 Å². The number of aliphatic imine (C=N–C) groups is 1. The van der Waals surface area contributed by atoms with E-state index < -0.39 is 17.5 Å². The molecule has 8 rings (SSSR count). The zero-order chi connectivity index (χ0) is 43.4. The molecule has 4 saturated heterocycles. The van der Waals surface area contributed by atoms with Gasteiger partial charge in [-0.15, -0.1) is 6.42 Å². The summed E-state index contributed by atoms with van der Waals surface area (Å²) in [5, 5.41) is 5.66. The molecule has 4 aliphatic heterocycles. The molecule has 4 aliphatic rings. The van der Waals surface area contributed by atoms with E-state index in [1.54, 1.807) is 57.3 Å². The molecule has 316 valence electrons. The number of fused-ring (bicyclic) bond motifs is 5. The number of allylic oxidation sites excluding steroid dienone is 6. The number of pyridine rings is 1. The molecule has 2 unspecified atom stereocenters. The van der Waals surface area contributed by atoms with Gasteiger partial charge in [0.2, 0.25) is 0 Å². The van der Waals surface area contributed by atoms with Crippen LogP contribution in [0.25, 0.3) is 32.9 Å². The molecule has 2 aromatic heterocycles. The summed E-state index contributed by atoms with van der Waals surface area (Å²) in [5.41, 5.74) is 1.93. The number of hydrogen-bond donors (Lipinski definition) is 1. The summed E-state index contributed by atoms with van der Waals surface area (Å²) < 4.78 is 52.7. The predicted octanol–water partition coefficient (Wildman–Crippen LogP) is 10.8. The Kier molecular flexibility index (Phi) is 13.9. The van der Waals surface area contributed by atoms with Crippen LogP contribution in [0.1, 0.15) is 78.7 Å². The third-order valence-corrected chi connectivity index (χ3v) is 12.6. The lowest BCUT2D eigenvalue weighted by molar-refractivity contribution is -0.933. The maximum Gasteiger partial charge on any atom is 0.319 e. The quantitative estimate of drug-likeness (QED) is 0.0783. The minimum Gasteiger partial charge on any atom is -0.457 e. The Labute approximate surface area is 357 Å². The van der Waals surface area contributed by atoms with E-state index in [0.717, 1.165) is 56.3 Å². The molecule has 4 aromatic rings. The van der Waals surface area contributed by atoms with Crippen LogP contribution < -0.4 is 15.0 Å². The van der Waals surface area contributed by atoms with Gasteiger partial charge in [-0.25, -0.2) is 18.2 Å². The normalized spacial score (nSPS) is 23.9. The van der Waals surface area contributed by atoms with Crippen LogP contribution in [0.2, 0.25) is 0 Å². The fourth-order valence-electron chi connectivity index (χ4n) is 9.48. The number of aromatic nitrogens is 3. The summed E-state index contributed by atoms with van der Waals surface area (Å²) >= 11 is 5.55. The van der Waals surface area contributed by atoms with Gasteiger partial charge in [-0.3, -0.25) is 4.98 Å². The summed E-state index contributed by atoms with van der Waals surface area (Å²) in [6.45, 7) is 20.5. The lowest BCUT2D eigenvalue weighted by Crippen LogP contribution is -2.56. The number of halogens is 4. The van der Waals surface area contributed by atoms with Crippen molar-refractivity contribution in [2.75, 3.05) is 44.7 Å². The fraction of sp³-hybridized carbons (Fsp3) is 0.417. The van der Waals surface area contributed by atoms with E-state index >= 15 is 4.39 Å². The molecular formula is C48H56ClF3N7O+. The zero-order valence-electron chi connectivity index (χ0n) is 35.6. The average molecular weight is 839 g/mol. The molecule has 0 amide bonds. The first-order valence-corrected chi connectivity index (χ1v) is 21.3. The number of benzene rings is 2. The third kappa shape index (κ3) is 8.60. The largest absolute Gasteiger partial charge is 0.457 e. The second-order valence-electron chi connectivity index (χ2n) is 16.0. The molecule has 60 heavy (non-hydrogen) atoms. The van der Waals surface area contributed by atoms with Crippen molar-refractivity contribution in [2.45, 2.75) is 90.8 Å². The van der Waals surface area contributed by atoms with Crippen LogP contribution in [0.5, 0.6) is 6.01 Å². The monoisotopic (exact) mass is 838 g/mol. The minimum atomic E-state index is -0.593. The summed E-state index contributed by atoms with van der Waals surface area (Å²) in [4.78, 5) is 20.3. The number of rotatable bonds is 9. The molecule has 8 nitrogen and oxygen atoms in total. The van der Waals surface area contributed by atoms with Crippen molar-refractivity contribution in [1.29, 1.82) is 0 Å². The second-order valence-corrected chi connectivity index (χ2v) is 16.6. The molecule has 2 aromatic carbocycles. The Morgan fingerprint density at radius 1 is 1.12 bits per heavy atom. The summed E-state index contributed by atoms with van der Waals surface area (Å²) in [5.74, 6) is 1.52. The first-order chi connectivity index (χ1) is 28.8. The SMILES string of the molecule is C#Cc1c(F)ccc2cccc(-c3ncc4c(N5CC6CCC(C5)N6)nc(OCC56CCC[N+]5(C)CCC6)nc4c3F)c12.C=C/C(=C/C)C(=C)/C(F)=C(\C)N=C(C)Cl.CC. The van der Waals surface area contributed by atoms with Gasteiger partial charge < -0.3 is 19.4 Å². The van der Waals surface area contributed by atoms with Crippen molar-refractivity contribution in [3.8, 4) is 29.6 Å². The zero-order valence-corrected chi connectivity index (χ0v) is 36.4. The number of ether oxygens (including phenoxy) is 1. The maximum absolute atomic E-state index is 16.7. The Balaban J connectivity index is 0.000000304. The predicted molar refractivity (Wildman–Crippen MR) is 240 cm³/mol. The summed E-state index contributed by atoms with van der Waals surface area (Å²) in [6.07, 6.45) is 17.5. The van der Waals surface area contributed by atoms with Crippen molar-refractivity contribution < 1.29 is 22.4 Å². The second kappa shape index (κ2) is 18.7. The smallest absolute Gasteiger partial charge is 0.319 e. The van der Waals surface area contributed by atoms with Crippen molar-refractivity contribution in [2.24, 2.45) is 4.99 Å². The van der Waals surface area contributed by atoms with Gasteiger partial charge in [-0.2, -0.15) is 9.97 Å². The number of terminal acetylenes is 1. The summed E-state index contributed by atoms with van der Waals surface area (Å²) in [6, 6.07) is 9.28. The van der Waals surface area contributed by atoms with Crippen molar-refractivity contribution in [1.82, 2.24) is 20.3 Å². The average Bonchev–Trinajstić information content (AvgIpc) is 3.88. The van der Waals surface area contributed by atoms with Crippen LogP contribution in [0, 0.1) is 24.0 Å². The standard InChI is InChI=1S/C34H35F2N6O.C12H15ClFN.C2H6/c1-3-24-27(35)12-9-21-7-4-8-25(28(21)24)30-29(36)31-26(17-37-30)32(41-18-22-10-11-23(19-41)38-22)40-33(39-31)43-20-34-13-5-15-42(34,2)16-6-14-34;1-6-11(7-2)8(3)12(14)9(4)15-10(5)13;1-2/h1,4,7-9,12,17,22-23,38H,5-6,10-11,13-16,18-20H2,2H3;6-7H,1,3H2,2,4-5H3;1-2H3/q+1;;/b;11-7-,12-9-,15-10?;. The van der Waals surface area contributed by atoms with E-state index in [-0.39, 0.29) is 44.8 Å². The van der Waals surface area contributed by atoms with Crippen LogP contribution in [-0.4, -0.2) is 82.1 Å². The molecule has 2 atom stereocenters. The molecule has 0 saturated carbocycles. The first kappa shape index (κ1) is 44.5. The van der Waals surface area contributed by atoms with Crippen molar-refractivity contribution in [3.63, 3.8) is 0 Å². The van der Waals surface area contributed by atoms with Gasteiger partial charge >= 0.3 is 6.01 Å².